The largest absolute Gasteiger partial charge is 0.481 e. The highest BCUT2D eigenvalue weighted by Gasteiger charge is 2.25. The Labute approximate surface area is 141 Å². The van der Waals surface area contributed by atoms with Crippen LogP contribution in [-0.2, 0) is 9.53 Å². The Kier molecular flexibility index (Phi) is 7.32. The van der Waals surface area contributed by atoms with Gasteiger partial charge in [-0.05, 0) is 13.0 Å². The van der Waals surface area contributed by atoms with Crippen LogP contribution in [0.25, 0.3) is 0 Å². The van der Waals surface area contributed by atoms with Gasteiger partial charge in [-0.15, -0.1) is 0 Å². The predicted octanol–water partition coefficient (Wildman–Crippen LogP) is 2.78. The minimum absolute atomic E-state index is 0.123. The van der Waals surface area contributed by atoms with Crippen molar-refractivity contribution in [1.82, 2.24) is 10.2 Å². The normalized spacial score (nSPS) is 14.7. The van der Waals surface area contributed by atoms with E-state index in [-0.39, 0.29) is 18.6 Å². The highest BCUT2D eigenvalue weighted by molar-refractivity contribution is 6.31. The van der Waals surface area contributed by atoms with Crippen LogP contribution in [0.5, 0.6) is 0 Å². The van der Waals surface area contributed by atoms with Crippen molar-refractivity contribution in [1.29, 1.82) is 0 Å². The molecule has 6 nitrogen and oxygen atoms in total. The number of urea groups is 1. The number of carboxylic acid groups (broad SMARTS) is 1. The van der Waals surface area contributed by atoms with Crippen molar-refractivity contribution in [3.63, 3.8) is 0 Å². The summed E-state index contributed by atoms with van der Waals surface area (Å²) in [6, 6.07) is 6.58. The third-order valence-electron chi connectivity index (χ3n) is 3.59. The number of methoxy groups -OCH3 is 1. The highest BCUT2D eigenvalue weighted by Crippen LogP contribution is 2.27. The van der Waals surface area contributed by atoms with Gasteiger partial charge in [0.1, 0.15) is 6.10 Å². The van der Waals surface area contributed by atoms with Crippen molar-refractivity contribution < 1.29 is 19.4 Å². The number of rotatable bonds is 7. The van der Waals surface area contributed by atoms with E-state index in [0.29, 0.717) is 5.02 Å². The van der Waals surface area contributed by atoms with Crippen molar-refractivity contribution in [3.8, 4) is 0 Å². The predicted molar refractivity (Wildman–Crippen MR) is 88.6 cm³/mol. The summed E-state index contributed by atoms with van der Waals surface area (Å²) in [5.74, 6) is -1.58. The summed E-state index contributed by atoms with van der Waals surface area (Å²) in [4.78, 5) is 24.4. The molecule has 1 aromatic rings. The molecule has 1 rings (SSSR count). The Morgan fingerprint density at radius 3 is 2.48 bits per heavy atom. The van der Waals surface area contributed by atoms with Gasteiger partial charge in [0.15, 0.2) is 0 Å². The second-order valence-electron chi connectivity index (χ2n) is 5.54. The quantitative estimate of drug-likeness (QED) is 0.798. The fourth-order valence-corrected chi connectivity index (χ4v) is 2.50. The lowest BCUT2D eigenvalue weighted by Gasteiger charge is -2.28. The summed E-state index contributed by atoms with van der Waals surface area (Å²) < 4.78 is 5.47. The molecular formula is C16H23ClN2O4. The van der Waals surface area contributed by atoms with Crippen molar-refractivity contribution in [2.75, 3.05) is 20.7 Å². The lowest BCUT2D eigenvalue weighted by atomic mass is 10.0. The van der Waals surface area contributed by atoms with Gasteiger partial charge < -0.3 is 20.1 Å². The molecule has 0 aliphatic rings. The third kappa shape index (κ3) is 5.41. The van der Waals surface area contributed by atoms with Gasteiger partial charge >= 0.3 is 12.0 Å². The topological polar surface area (TPSA) is 78.9 Å². The average molecular weight is 343 g/mol. The zero-order valence-corrected chi connectivity index (χ0v) is 14.5. The van der Waals surface area contributed by atoms with Gasteiger partial charge in [0.05, 0.1) is 12.0 Å². The molecule has 0 bridgehead atoms. The van der Waals surface area contributed by atoms with Gasteiger partial charge in [-0.2, -0.15) is 0 Å². The summed E-state index contributed by atoms with van der Waals surface area (Å²) in [5, 5.41) is 12.3. The molecule has 0 spiro atoms. The van der Waals surface area contributed by atoms with E-state index < -0.39 is 18.0 Å². The molecule has 0 aliphatic carbocycles. The van der Waals surface area contributed by atoms with Crippen LogP contribution in [-0.4, -0.2) is 48.8 Å². The second kappa shape index (κ2) is 8.74. The molecule has 2 amide bonds. The number of halogens is 1. The minimum atomic E-state index is -0.941. The zero-order chi connectivity index (χ0) is 17.6. The Balaban J connectivity index is 2.73. The van der Waals surface area contributed by atoms with Crippen LogP contribution < -0.4 is 5.32 Å². The van der Waals surface area contributed by atoms with Gasteiger partial charge in [0.2, 0.25) is 0 Å². The first-order valence-electron chi connectivity index (χ1n) is 7.29. The fraction of sp³-hybridized carbons (Fsp3) is 0.500. The molecular weight excluding hydrogens is 320 g/mol. The molecule has 3 unspecified atom stereocenters. The van der Waals surface area contributed by atoms with Gasteiger partial charge in [0.25, 0.3) is 0 Å². The number of carbonyl (C=O) groups is 2. The van der Waals surface area contributed by atoms with Crippen molar-refractivity contribution >= 4 is 23.6 Å². The fourth-order valence-electron chi connectivity index (χ4n) is 2.26. The molecule has 128 valence electrons. The number of hydrogen-bond donors (Lipinski definition) is 2. The number of amides is 2. The van der Waals surface area contributed by atoms with Crippen LogP contribution in [0.4, 0.5) is 4.79 Å². The minimum Gasteiger partial charge on any atom is -0.481 e. The standard InChI is InChI=1S/C16H23ClN2O4/c1-10(15(20)21)9-19(3)16(22)18-11(2)14(23-4)12-7-5-6-8-13(12)17/h5-8,10-11,14H,9H2,1-4H3,(H,18,22)(H,20,21). The first-order valence-corrected chi connectivity index (χ1v) is 7.67. The maximum atomic E-state index is 12.2. The van der Waals surface area contributed by atoms with Crippen molar-refractivity contribution in [2.45, 2.75) is 26.0 Å². The lowest BCUT2D eigenvalue weighted by molar-refractivity contribution is -0.141. The monoisotopic (exact) mass is 342 g/mol. The van der Waals surface area contributed by atoms with E-state index in [2.05, 4.69) is 5.32 Å². The van der Waals surface area contributed by atoms with Crippen LogP contribution in [0.3, 0.4) is 0 Å². The second-order valence-corrected chi connectivity index (χ2v) is 5.94. The van der Waals surface area contributed by atoms with Crippen molar-refractivity contribution in [3.05, 3.63) is 34.9 Å². The average Bonchev–Trinajstić information content (AvgIpc) is 2.49. The summed E-state index contributed by atoms with van der Waals surface area (Å²) >= 11 is 6.18. The molecule has 23 heavy (non-hydrogen) atoms. The molecule has 0 saturated carbocycles. The molecule has 2 N–H and O–H groups in total. The van der Waals surface area contributed by atoms with Crippen LogP contribution >= 0.6 is 11.6 Å². The van der Waals surface area contributed by atoms with E-state index in [1.165, 1.54) is 4.90 Å². The first-order chi connectivity index (χ1) is 10.8. The van der Waals surface area contributed by atoms with Crippen LogP contribution in [0, 0.1) is 5.92 Å². The van der Waals surface area contributed by atoms with Gasteiger partial charge in [-0.1, -0.05) is 36.7 Å². The summed E-state index contributed by atoms with van der Waals surface area (Å²) in [5.41, 5.74) is 0.783. The molecule has 1 aromatic carbocycles. The number of nitrogens with one attached hydrogen (secondary N) is 1. The number of benzene rings is 1. The summed E-state index contributed by atoms with van der Waals surface area (Å²) in [6.07, 6.45) is -0.405. The summed E-state index contributed by atoms with van der Waals surface area (Å²) in [7, 11) is 3.10. The summed E-state index contributed by atoms with van der Waals surface area (Å²) in [6.45, 7) is 3.48. The molecule has 0 saturated heterocycles. The maximum Gasteiger partial charge on any atom is 0.317 e. The van der Waals surface area contributed by atoms with E-state index in [9.17, 15) is 9.59 Å². The van der Waals surface area contributed by atoms with Crippen LogP contribution in [0.2, 0.25) is 5.02 Å². The van der Waals surface area contributed by atoms with E-state index in [1.54, 1.807) is 27.1 Å². The number of hydrogen-bond acceptors (Lipinski definition) is 3. The Bertz CT molecular complexity index is 553. The number of carboxylic acids is 1. The molecule has 0 aromatic heterocycles. The molecule has 0 fully saturated rings. The first kappa shape index (κ1) is 19.3. The third-order valence-corrected chi connectivity index (χ3v) is 3.93. The highest BCUT2D eigenvalue weighted by atomic mass is 35.5. The van der Waals surface area contributed by atoms with Crippen LogP contribution in [0.15, 0.2) is 24.3 Å². The Morgan fingerprint density at radius 2 is 1.96 bits per heavy atom. The Hall–Kier alpha value is -1.79. The lowest BCUT2D eigenvalue weighted by Crippen LogP contribution is -2.46. The number of nitrogens with zero attached hydrogens (tertiary/aromatic N) is 1. The number of aliphatic carboxylic acids is 1. The van der Waals surface area contributed by atoms with E-state index >= 15 is 0 Å². The molecule has 0 heterocycles. The SMILES string of the molecule is COC(c1ccccc1Cl)C(C)NC(=O)N(C)CC(C)C(=O)O. The maximum absolute atomic E-state index is 12.2. The van der Waals surface area contributed by atoms with E-state index in [4.69, 9.17) is 21.4 Å². The molecule has 0 aliphatic heterocycles. The van der Waals surface area contributed by atoms with Gasteiger partial charge in [0, 0.05) is 31.3 Å². The molecule has 0 radical (unpaired) electrons. The van der Waals surface area contributed by atoms with Crippen molar-refractivity contribution in [2.24, 2.45) is 5.92 Å². The zero-order valence-electron chi connectivity index (χ0n) is 13.7. The van der Waals surface area contributed by atoms with Crippen LogP contribution in [0.1, 0.15) is 25.5 Å². The number of ether oxygens (including phenoxy) is 1. The van der Waals surface area contributed by atoms with E-state index in [1.807, 2.05) is 25.1 Å². The van der Waals surface area contributed by atoms with Gasteiger partial charge in [-0.3, -0.25) is 4.79 Å². The van der Waals surface area contributed by atoms with E-state index in [0.717, 1.165) is 5.56 Å². The molecule has 3 atom stereocenters. The number of carbonyl (C=O) groups excluding carboxylic acids is 1. The van der Waals surface area contributed by atoms with Gasteiger partial charge in [-0.25, -0.2) is 4.79 Å². The molecule has 7 heteroatoms. The Morgan fingerprint density at radius 1 is 1.35 bits per heavy atom. The smallest absolute Gasteiger partial charge is 0.317 e.